The standard InChI is InChI=1S/C34H28N4O3.C26H20N4O2.Al.3ClH/c1-35-23-15-19-16-26(23)38-25-10-6-4-8-22(25)28-30-29(27-21-7-3-5-9-24(21)37(19)31(27)32(28)38)33(39)36(34(30)40)17-18-11-13-20(41-2)14-12-18;1-27-15-10-12-11-18(15)30-17-9-5-3-7-14(17)20-22-21(25(31)28-26(22)32)19-13-6-2-4-8-16(13)29(12)23(19)24(20)30;;;;/h3-14,19,23,26,35H,15-17H2,1-2H3;2-9,12,15,18,27H,10-11H2,1H3,(H,28,31,32);;3*1H/q;;+3;;;/p-3/t19?,23-,26?;12?,15-,18?;;;;/m00..../s1. The van der Waals surface area contributed by atoms with E-state index >= 15 is 0 Å². The fourth-order valence-electron chi connectivity index (χ4n) is 15.1. The minimum atomic E-state index is -1.72. The summed E-state index contributed by atoms with van der Waals surface area (Å²) >= 11 is -1.72. The lowest BCUT2D eigenvalue weighted by atomic mass is 9.96. The van der Waals surface area contributed by atoms with Crippen molar-refractivity contribution < 1.29 is 23.9 Å². The van der Waals surface area contributed by atoms with E-state index in [1.807, 2.05) is 55.6 Å². The fourth-order valence-corrected chi connectivity index (χ4v) is 15.1. The van der Waals surface area contributed by atoms with E-state index in [9.17, 15) is 19.2 Å². The predicted molar refractivity (Wildman–Crippen MR) is 308 cm³/mol. The lowest BCUT2D eigenvalue weighted by Crippen LogP contribution is -2.31. The van der Waals surface area contributed by atoms with Gasteiger partial charge >= 0.3 is 11.4 Å². The predicted octanol–water partition coefficient (Wildman–Crippen LogP) is 12.1. The van der Waals surface area contributed by atoms with Crippen LogP contribution in [0.4, 0.5) is 0 Å². The number of ether oxygens (including phenoxy) is 1. The first-order valence-electron chi connectivity index (χ1n) is 26.2. The molecule has 4 aliphatic heterocycles. The largest absolute Gasteiger partial charge is 0.643 e. The van der Waals surface area contributed by atoms with Crippen molar-refractivity contribution in [3.8, 4) is 5.75 Å². The van der Waals surface area contributed by atoms with Crippen molar-refractivity contribution in [2.24, 2.45) is 0 Å². The first kappa shape index (κ1) is 47.4. The van der Waals surface area contributed by atoms with Gasteiger partial charge in [0.1, 0.15) is 5.75 Å². The fraction of sp³-hybridized carbons (Fsp3) is 0.233. The van der Waals surface area contributed by atoms with Crippen molar-refractivity contribution in [2.75, 3.05) is 21.2 Å². The molecule has 4 amide bonds. The maximum Gasteiger partial charge on any atom is 0.643 e. The molecule has 3 N–H and O–H groups in total. The molecule has 0 radical (unpaired) electrons. The Morgan fingerprint density at radius 1 is 0.506 bits per heavy atom. The van der Waals surface area contributed by atoms with Crippen molar-refractivity contribution in [1.82, 2.24) is 39.1 Å². The van der Waals surface area contributed by atoms with Gasteiger partial charge in [-0.15, -0.1) is 0 Å². The van der Waals surface area contributed by atoms with Crippen LogP contribution in [0.15, 0.2) is 121 Å². The van der Waals surface area contributed by atoms with Gasteiger partial charge in [-0.2, -0.15) is 0 Å². The average molecular weight is 1090 g/mol. The van der Waals surface area contributed by atoms with Crippen LogP contribution in [-0.4, -0.2) is 91.5 Å². The third kappa shape index (κ3) is 6.37. The van der Waals surface area contributed by atoms with E-state index in [2.05, 4.69) is 114 Å². The molecule has 7 aromatic carbocycles. The number of nitrogens with zero attached hydrogens (tertiary/aromatic N) is 5. The van der Waals surface area contributed by atoms with E-state index in [0.29, 0.717) is 46.4 Å². The third-order valence-corrected chi connectivity index (χ3v) is 17.8. The van der Waals surface area contributed by atoms with Crippen molar-refractivity contribution in [3.05, 3.63) is 149 Å². The first-order valence-corrected chi connectivity index (χ1v) is 31.4. The number of halogens is 3. The summed E-state index contributed by atoms with van der Waals surface area (Å²) in [6.07, 6.45) is 4.06. The molecule has 4 unspecified atom stereocenters. The number of para-hydroxylation sites is 4. The Morgan fingerprint density at radius 3 is 1.23 bits per heavy atom. The van der Waals surface area contributed by atoms with Gasteiger partial charge in [-0.05, 0) is 81.7 Å². The zero-order valence-electron chi connectivity index (χ0n) is 42.0. The number of imide groups is 2. The zero-order chi connectivity index (χ0) is 52.4. The molecule has 11 aromatic rings. The highest BCUT2D eigenvalue weighted by Gasteiger charge is 2.48. The monoisotopic (exact) mass is 1090 g/mol. The van der Waals surface area contributed by atoms with Gasteiger partial charge in [0.05, 0.1) is 70.1 Å². The summed E-state index contributed by atoms with van der Waals surface area (Å²) in [6, 6.07) is 42.8. The maximum absolute atomic E-state index is 14.4. The second-order valence-corrected chi connectivity index (χ2v) is 27.6. The van der Waals surface area contributed by atoms with E-state index in [4.69, 9.17) is 34.9 Å². The van der Waals surface area contributed by atoms with E-state index in [-0.39, 0.29) is 42.3 Å². The van der Waals surface area contributed by atoms with Gasteiger partial charge in [-0.1, -0.05) is 84.9 Å². The Bertz CT molecular complexity index is 4460. The van der Waals surface area contributed by atoms with Crippen molar-refractivity contribution in [2.45, 2.75) is 68.5 Å². The number of carbonyl (C=O) groups excluding carboxylic acids is 4. The Labute approximate surface area is 457 Å². The maximum atomic E-state index is 14.4. The Kier molecular flexibility index (Phi) is 10.7. The smallest absolute Gasteiger partial charge is 0.497 e. The highest BCUT2D eigenvalue weighted by atomic mass is 35.8. The lowest BCUT2D eigenvalue weighted by Gasteiger charge is -2.23. The van der Waals surface area contributed by atoms with E-state index in [0.717, 1.165) is 124 Å². The summed E-state index contributed by atoms with van der Waals surface area (Å²) in [5.41, 5.74) is 11.9. The van der Waals surface area contributed by atoms with Crippen LogP contribution in [-0.2, 0) is 6.54 Å². The Morgan fingerprint density at radius 2 is 0.857 bits per heavy atom. The molecule has 2 aliphatic carbocycles. The van der Waals surface area contributed by atoms with Crippen molar-refractivity contribution >= 4 is 152 Å². The lowest BCUT2D eigenvalue weighted by molar-refractivity contribution is 0.0642. The number of likely N-dealkylation sites (N-methyl/N-ethyl adjacent to an activating group) is 2. The van der Waals surface area contributed by atoms with Crippen LogP contribution >= 0.6 is 30.1 Å². The summed E-state index contributed by atoms with van der Waals surface area (Å²) in [5.74, 6) is -0.267. The molecule has 77 heavy (non-hydrogen) atoms. The van der Waals surface area contributed by atoms with E-state index < -0.39 is 11.4 Å². The van der Waals surface area contributed by atoms with Gasteiger partial charge in [0.15, 0.2) is 0 Å². The summed E-state index contributed by atoms with van der Waals surface area (Å²) in [5, 5.41) is 17.6. The molecule has 2 fully saturated rings. The number of rotatable bonds is 5. The summed E-state index contributed by atoms with van der Waals surface area (Å²) in [4.78, 5) is 56.5. The number of hydrogen-bond acceptors (Lipinski definition) is 7. The molecule has 0 spiro atoms. The number of fused-ring (bicyclic) bond motifs is 26. The van der Waals surface area contributed by atoms with Gasteiger partial charge in [0.2, 0.25) is 0 Å². The quantitative estimate of drug-likeness (QED) is 0.115. The molecular formula is C60H48AlCl3N8O5. The molecule has 6 aliphatic rings. The molecule has 0 saturated heterocycles. The zero-order valence-corrected chi connectivity index (χ0v) is 45.5. The minimum Gasteiger partial charge on any atom is -0.497 e. The second kappa shape index (κ2) is 17.3. The van der Waals surface area contributed by atoms with Crippen LogP contribution in [0.2, 0.25) is 0 Å². The number of hydrogen-bond donors (Lipinski definition) is 3. The van der Waals surface area contributed by atoms with Crippen molar-refractivity contribution in [1.29, 1.82) is 0 Å². The van der Waals surface area contributed by atoms with Gasteiger partial charge in [-0.3, -0.25) is 29.4 Å². The van der Waals surface area contributed by atoms with Gasteiger partial charge in [-0.25, -0.2) is 30.1 Å². The molecule has 8 heterocycles. The molecular weight excluding hydrogens is 1050 g/mol. The number of methoxy groups -OCH3 is 1. The number of nitrogens with one attached hydrogen (secondary N) is 3. The van der Waals surface area contributed by atoms with Crippen LogP contribution in [0.3, 0.4) is 0 Å². The summed E-state index contributed by atoms with van der Waals surface area (Å²) in [7, 11) is 20.6. The second-order valence-electron chi connectivity index (χ2n) is 21.2. The molecule has 4 bridgehead atoms. The van der Waals surface area contributed by atoms with E-state index in [1.165, 1.54) is 4.90 Å². The summed E-state index contributed by atoms with van der Waals surface area (Å²) in [6.45, 7) is 0.212. The topological polar surface area (TPSA) is 137 Å². The van der Waals surface area contributed by atoms with Crippen LogP contribution in [0, 0.1) is 0 Å². The van der Waals surface area contributed by atoms with E-state index in [1.54, 1.807) is 7.11 Å². The SMILES string of the molecule is CN[C@H]1CC2CC1n1c3ccccc3c3c4c(c5c6ccccc6n2c5c31)C(=O)N(Cc1ccc(OC)cc1)C4=O.CN[C@H]1CC2CC1n1c3ccccc3c3c4c(c5c6ccccc6n2c5c31)C(=O)NC4=O.[Cl][Al]([Cl])[Cl]. The highest BCUT2D eigenvalue weighted by Crippen LogP contribution is 2.56. The molecule has 17 rings (SSSR count). The van der Waals surface area contributed by atoms with Crippen LogP contribution in [0.25, 0.3) is 87.2 Å². The molecule has 17 heteroatoms. The van der Waals surface area contributed by atoms with Gasteiger partial charge in [0.25, 0.3) is 23.6 Å². The van der Waals surface area contributed by atoms with Gasteiger partial charge < -0.3 is 33.6 Å². The van der Waals surface area contributed by atoms with Crippen LogP contribution in [0.1, 0.15) is 96.8 Å². The molecule has 382 valence electrons. The van der Waals surface area contributed by atoms with Crippen molar-refractivity contribution in [3.63, 3.8) is 0 Å². The molecule has 13 nitrogen and oxygen atoms in total. The Balaban J connectivity index is 0.000000129. The Hall–Kier alpha value is -6.86. The summed E-state index contributed by atoms with van der Waals surface area (Å²) < 4.78 is 15.2. The average Bonchev–Trinajstić information content (AvgIpc) is 4.35. The number of benzene rings is 7. The third-order valence-electron chi connectivity index (χ3n) is 17.8. The minimum absolute atomic E-state index is 0.212. The first-order chi connectivity index (χ1) is 37.5. The van der Waals surface area contributed by atoms with Gasteiger partial charge in [0, 0.05) is 89.3 Å². The molecule has 4 aromatic heterocycles. The van der Waals surface area contributed by atoms with Crippen LogP contribution in [0.5, 0.6) is 5.75 Å². The van der Waals surface area contributed by atoms with Crippen LogP contribution < -0.4 is 20.7 Å². The molecule has 2 saturated carbocycles. The number of amides is 4. The highest BCUT2D eigenvalue weighted by molar-refractivity contribution is 7.54. The number of aromatic nitrogens is 4. The molecule has 6 atom stereocenters. The number of carbonyl (C=O) groups is 4. The normalized spacial score (nSPS) is 21.5.